The zero-order valence-corrected chi connectivity index (χ0v) is 11.0. The van der Waals surface area contributed by atoms with Gasteiger partial charge in [0.15, 0.2) is 0 Å². The van der Waals surface area contributed by atoms with E-state index in [9.17, 15) is 8.42 Å². The molecular weight excluding hydrogens is 236 g/mol. The summed E-state index contributed by atoms with van der Waals surface area (Å²) in [5.41, 5.74) is 6.93. The van der Waals surface area contributed by atoms with E-state index >= 15 is 0 Å². The summed E-state index contributed by atoms with van der Waals surface area (Å²) in [7, 11) is -3.37. The first kappa shape index (κ1) is 12.4. The van der Waals surface area contributed by atoms with Gasteiger partial charge in [-0.05, 0) is 37.0 Å². The molecule has 0 aromatic heterocycles. The molecule has 1 saturated heterocycles. The first-order chi connectivity index (χ1) is 7.93. The van der Waals surface area contributed by atoms with Crippen molar-refractivity contribution in [1.29, 1.82) is 0 Å². The summed E-state index contributed by atoms with van der Waals surface area (Å²) in [4.78, 5) is 0.339. The molecule has 1 unspecified atom stereocenters. The van der Waals surface area contributed by atoms with Crippen molar-refractivity contribution < 1.29 is 8.42 Å². The minimum absolute atomic E-state index is 0.339. The van der Waals surface area contributed by atoms with Crippen molar-refractivity contribution in [2.45, 2.75) is 25.2 Å². The molecule has 1 fully saturated rings. The molecule has 0 spiro atoms. The Kier molecular flexibility index (Phi) is 3.14. The SMILES string of the molecule is Cc1c(N)cccc1S(=O)(=O)N1CCC(C)C1. The van der Waals surface area contributed by atoms with Crippen LogP contribution in [0.15, 0.2) is 23.1 Å². The van der Waals surface area contributed by atoms with E-state index in [1.54, 1.807) is 29.4 Å². The van der Waals surface area contributed by atoms with Gasteiger partial charge in [-0.15, -0.1) is 0 Å². The average Bonchev–Trinajstić information content (AvgIpc) is 2.69. The molecule has 2 N–H and O–H groups in total. The predicted molar refractivity (Wildman–Crippen MR) is 68.1 cm³/mol. The maximum Gasteiger partial charge on any atom is 0.243 e. The molecule has 1 aromatic rings. The van der Waals surface area contributed by atoms with E-state index in [1.807, 2.05) is 0 Å². The quantitative estimate of drug-likeness (QED) is 0.815. The summed E-state index contributed by atoms with van der Waals surface area (Å²) >= 11 is 0. The molecule has 1 aromatic carbocycles. The molecule has 17 heavy (non-hydrogen) atoms. The fourth-order valence-corrected chi connectivity index (χ4v) is 3.99. The number of anilines is 1. The van der Waals surface area contributed by atoms with E-state index in [4.69, 9.17) is 5.73 Å². The number of sulfonamides is 1. The smallest absolute Gasteiger partial charge is 0.243 e. The second kappa shape index (κ2) is 4.31. The number of rotatable bonds is 2. The number of benzene rings is 1. The highest BCUT2D eigenvalue weighted by Crippen LogP contribution is 2.27. The number of nitrogens with zero attached hydrogens (tertiary/aromatic N) is 1. The largest absolute Gasteiger partial charge is 0.398 e. The van der Waals surface area contributed by atoms with Crippen molar-refractivity contribution in [2.75, 3.05) is 18.8 Å². The van der Waals surface area contributed by atoms with Gasteiger partial charge in [-0.25, -0.2) is 8.42 Å². The van der Waals surface area contributed by atoms with E-state index in [-0.39, 0.29) is 0 Å². The van der Waals surface area contributed by atoms with Gasteiger partial charge < -0.3 is 5.73 Å². The topological polar surface area (TPSA) is 63.4 Å². The maximum absolute atomic E-state index is 12.4. The number of nitrogens with two attached hydrogens (primary N) is 1. The highest BCUT2D eigenvalue weighted by Gasteiger charge is 2.31. The van der Waals surface area contributed by atoms with Gasteiger partial charge in [0.05, 0.1) is 4.90 Å². The molecule has 1 aliphatic rings. The van der Waals surface area contributed by atoms with Crippen LogP contribution in [0.2, 0.25) is 0 Å². The van der Waals surface area contributed by atoms with E-state index in [1.165, 1.54) is 0 Å². The summed E-state index contributed by atoms with van der Waals surface area (Å²) in [5.74, 6) is 0.436. The third-order valence-electron chi connectivity index (χ3n) is 3.33. The van der Waals surface area contributed by atoms with Gasteiger partial charge in [0.25, 0.3) is 0 Å². The van der Waals surface area contributed by atoms with E-state index in [0.717, 1.165) is 6.42 Å². The molecule has 1 atom stereocenters. The Bertz CT molecular complexity index is 525. The van der Waals surface area contributed by atoms with Crippen molar-refractivity contribution in [3.63, 3.8) is 0 Å². The fourth-order valence-electron chi connectivity index (χ4n) is 2.16. The lowest BCUT2D eigenvalue weighted by molar-refractivity contribution is 0.464. The van der Waals surface area contributed by atoms with Gasteiger partial charge in [0.2, 0.25) is 10.0 Å². The van der Waals surface area contributed by atoms with Crippen molar-refractivity contribution in [3.05, 3.63) is 23.8 Å². The van der Waals surface area contributed by atoms with Crippen LogP contribution < -0.4 is 5.73 Å². The summed E-state index contributed by atoms with van der Waals surface area (Å²) in [6.45, 7) is 5.04. The summed E-state index contributed by atoms with van der Waals surface area (Å²) in [6.07, 6.45) is 0.931. The fraction of sp³-hybridized carbons (Fsp3) is 0.500. The molecule has 0 aliphatic carbocycles. The molecule has 0 bridgehead atoms. The highest BCUT2D eigenvalue weighted by atomic mass is 32.2. The lowest BCUT2D eigenvalue weighted by atomic mass is 10.2. The van der Waals surface area contributed by atoms with Gasteiger partial charge in [0, 0.05) is 18.8 Å². The highest BCUT2D eigenvalue weighted by molar-refractivity contribution is 7.89. The number of hydrogen-bond acceptors (Lipinski definition) is 3. The van der Waals surface area contributed by atoms with Gasteiger partial charge >= 0.3 is 0 Å². The van der Waals surface area contributed by atoms with Crippen LogP contribution in [0, 0.1) is 12.8 Å². The Labute approximate surface area is 102 Å². The van der Waals surface area contributed by atoms with Crippen molar-refractivity contribution in [1.82, 2.24) is 4.31 Å². The first-order valence-electron chi connectivity index (χ1n) is 5.78. The van der Waals surface area contributed by atoms with Crippen LogP contribution in [0.4, 0.5) is 5.69 Å². The predicted octanol–water partition coefficient (Wildman–Crippen LogP) is 1.61. The Morgan fingerprint density at radius 2 is 2.12 bits per heavy atom. The summed E-state index contributed by atoms with van der Waals surface area (Å²) in [6, 6.07) is 5.04. The second-order valence-electron chi connectivity index (χ2n) is 4.73. The van der Waals surface area contributed by atoms with Crippen molar-refractivity contribution in [3.8, 4) is 0 Å². The van der Waals surface area contributed by atoms with Crippen LogP contribution in [-0.2, 0) is 10.0 Å². The zero-order valence-electron chi connectivity index (χ0n) is 10.2. The van der Waals surface area contributed by atoms with Crippen LogP contribution in [0.1, 0.15) is 18.9 Å². The van der Waals surface area contributed by atoms with E-state index < -0.39 is 10.0 Å². The summed E-state index contributed by atoms with van der Waals surface area (Å²) < 4.78 is 26.4. The second-order valence-corrected chi connectivity index (χ2v) is 6.63. The molecule has 1 heterocycles. The monoisotopic (exact) mass is 254 g/mol. The molecule has 2 rings (SSSR count). The van der Waals surface area contributed by atoms with Crippen molar-refractivity contribution in [2.24, 2.45) is 5.92 Å². The van der Waals surface area contributed by atoms with E-state index in [2.05, 4.69) is 6.92 Å². The summed E-state index contributed by atoms with van der Waals surface area (Å²) in [5, 5.41) is 0. The third-order valence-corrected chi connectivity index (χ3v) is 5.34. The van der Waals surface area contributed by atoms with Gasteiger partial charge in [-0.3, -0.25) is 0 Å². The number of nitrogen functional groups attached to an aromatic ring is 1. The minimum Gasteiger partial charge on any atom is -0.398 e. The molecule has 4 nitrogen and oxygen atoms in total. The van der Waals surface area contributed by atoms with E-state index in [0.29, 0.717) is 35.2 Å². The van der Waals surface area contributed by atoms with Gasteiger partial charge in [-0.1, -0.05) is 13.0 Å². The van der Waals surface area contributed by atoms with Gasteiger partial charge in [-0.2, -0.15) is 4.31 Å². The Morgan fingerprint density at radius 1 is 1.41 bits per heavy atom. The normalized spacial score (nSPS) is 21.9. The Hall–Kier alpha value is -1.07. The minimum atomic E-state index is -3.37. The van der Waals surface area contributed by atoms with Gasteiger partial charge in [0.1, 0.15) is 0 Å². The molecule has 94 valence electrons. The molecular formula is C12H18N2O2S. The molecule has 0 amide bonds. The van der Waals surface area contributed by atoms with Crippen LogP contribution in [-0.4, -0.2) is 25.8 Å². The Morgan fingerprint density at radius 3 is 2.71 bits per heavy atom. The third kappa shape index (κ3) is 2.17. The number of hydrogen-bond donors (Lipinski definition) is 1. The molecule has 1 aliphatic heterocycles. The van der Waals surface area contributed by atoms with Crippen LogP contribution in [0.25, 0.3) is 0 Å². The van der Waals surface area contributed by atoms with Crippen LogP contribution in [0.5, 0.6) is 0 Å². The Balaban J connectivity index is 2.42. The molecule has 0 radical (unpaired) electrons. The molecule has 0 saturated carbocycles. The average molecular weight is 254 g/mol. The van der Waals surface area contributed by atoms with Crippen molar-refractivity contribution >= 4 is 15.7 Å². The van der Waals surface area contributed by atoms with Crippen LogP contribution in [0.3, 0.4) is 0 Å². The standard InChI is InChI=1S/C12H18N2O2S/c1-9-6-7-14(8-9)17(15,16)12-5-3-4-11(13)10(12)2/h3-5,9H,6-8,13H2,1-2H3. The lowest BCUT2D eigenvalue weighted by Crippen LogP contribution is -2.29. The molecule has 5 heteroatoms. The zero-order chi connectivity index (χ0) is 12.6. The lowest BCUT2D eigenvalue weighted by Gasteiger charge is -2.18. The van der Waals surface area contributed by atoms with Crippen LogP contribution >= 0.6 is 0 Å². The first-order valence-corrected chi connectivity index (χ1v) is 7.22. The maximum atomic E-state index is 12.4.